The van der Waals surface area contributed by atoms with Gasteiger partial charge in [0.15, 0.2) is 0 Å². The van der Waals surface area contributed by atoms with Crippen molar-refractivity contribution in [1.82, 2.24) is 0 Å². The summed E-state index contributed by atoms with van der Waals surface area (Å²) in [4.78, 5) is 12.9. The van der Waals surface area contributed by atoms with Crippen LogP contribution in [0.1, 0.15) is 30.4 Å². The first-order valence-corrected chi connectivity index (χ1v) is 7.46. The predicted octanol–water partition coefficient (Wildman–Crippen LogP) is 3.93. The average Bonchev–Trinajstić information content (AvgIpc) is 2.47. The summed E-state index contributed by atoms with van der Waals surface area (Å²) in [6.45, 7) is 0. The molecule has 1 aliphatic rings. The first-order valence-electron chi connectivity index (χ1n) is 7.46. The van der Waals surface area contributed by atoms with Crippen LogP contribution in [0.2, 0.25) is 0 Å². The molecule has 2 aromatic rings. The second-order valence-electron chi connectivity index (χ2n) is 5.75. The van der Waals surface area contributed by atoms with E-state index in [4.69, 9.17) is 4.74 Å². The van der Waals surface area contributed by atoms with Gasteiger partial charge in [-0.1, -0.05) is 48.9 Å². The highest BCUT2D eigenvalue weighted by Crippen LogP contribution is 2.45. The molecule has 0 aliphatic heterocycles. The normalized spacial score (nSPS) is 16.0. The van der Waals surface area contributed by atoms with Crippen LogP contribution in [0.15, 0.2) is 54.6 Å². The van der Waals surface area contributed by atoms with Crippen LogP contribution < -0.4 is 4.74 Å². The molecule has 21 heavy (non-hydrogen) atoms. The molecule has 2 nitrogen and oxygen atoms in total. The predicted molar refractivity (Wildman–Crippen MR) is 83.7 cm³/mol. The molecule has 0 spiro atoms. The largest absolute Gasteiger partial charge is 0.497 e. The van der Waals surface area contributed by atoms with E-state index in [9.17, 15) is 4.79 Å². The lowest BCUT2D eigenvalue weighted by molar-refractivity contribution is -0.127. The van der Waals surface area contributed by atoms with Crippen LogP contribution in [0.4, 0.5) is 0 Å². The van der Waals surface area contributed by atoms with E-state index in [2.05, 4.69) is 12.1 Å². The van der Waals surface area contributed by atoms with E-state index >= 15 is 0 Å². The summed E-state index contributed by atoms with van der Waals surface area (Å²) in [5.74, 6) is 1.14. The second-order valence-corrected chi connectivity index (χ2v) is 5.75. The van der Waals surface area contributed by atoms with Crippen molar-refractivity contribution in [1.29, 1.82) is 0 Å². The monoisotopic (exact) mass is 280 g/mol. The molecule has 0 atom stereocenters. The number of hydrogen-bond acceptors (Lipinski definition) is 2. The van der Waals surface area contributed by atoms with Gasteiger partial charge in [0, 0.05) is 6.42 Å². The van der Waals surface area contributed by atoms with Gasteiger partial charge in [-0.2, -0.15) is 0 Å². The number of ether oxygens (including phenoxy) is 1. The lowest BCUT2D eigenvalue weighted by Crippen LogP contribution is -2.43. The van der Waals surface area contributed by atoms with Crippen molar-refractivity contribution in [3.8, 4) is 5.75 Å². The third-order valence-corrected chi connectivity index (χ3v) is 4.57. The van der Waals surface area contributed by atoms with E-state index in [1.807, 2.05) is 42.5 Å². The molecule has 0 aromatic heterocycles. The van der Waals surface area contributed by atoms with Crippen molar-refractivity contribution in [3.63, 3.8) is 0 Å². The molecule has 2 aromatic carbocycles. The van der Waals surface area contributed by atoms with Crippen molar-refractivity contribution >= 4 is 5.78 Å². The van der Waals surface area contributed by atoms with E-state index in [-0.39, 0.29) is 5.41 Å². The minimum atomic E-state index is -0.260. The molecule has 1 saturated carbocycles. The Morgan fingerprint density at radius 3 is 2.48 bits per heavy atom. The Bertz CT molecular complexity index is 627. The summed E-state index contributed by atoms with van der Waals surface area (Å²) >= 11 is 0. The van der Waals surface area contributed by atoms with Crippen molar-refractivity contribution in [3.05, 3.63) is 65.7 Å². The maximum Gasteiger partial charge on any atom is 0.147 e. The van der Waals surface area contributed by atoms with Crippen LogP contribution in [0.3, 0.4) is 0 Å². The minimum Gasteiger partial charge on any atom is -0.497 e. The van der Waals surface area contributed by atoms with Crippen molar-refractivity contribution in [2.45, 2.75) is 31.1 Å². The zero-order valence-corrected chi connectivity index (χ0v) is 12.3. The number of rotatable bonds is 5. The average molecular weight is 280 g/mol. The quantitative estimate of drug-likeness (QED) is 0.829. The minimum absolute atomic E-state index is 0.260. The molecule has 1 aliphatic carbocycles. The number of benzene rings is 2. The van der Waals surface area contributed by atoms with Gasteiger partial charge in [0.1, 0.15) is 11.5 Å². The number of Topliss-reactive ketones (excluding diaryl/α,β-unsaturated/α-hetero) is 1. The number of carbonyl (C=O) groups excluding carboxylic acids is 1. The lowest BCUT2D eigenvalue weighted by Gasteiger charge is -2.41. The number of ketones is 1. The SMILES string of the molecule is COc1cccc(CC(=O)C2(c3ccccc3)CCC2)c1. The van der Waals surface area contributed by atoms with Crippen LogP contribution >= 0.6 is 0 Å². The van der Waals surface area contributed by atoms with Gasteiger partial charge in [0.25, 0.3) is 0 Å². The third-order valence-electron chi connectivity index (χ3n) is 4.57. The zero-order chi connectivity index (χ0) is 14.7. The summed E-state index contributed by atoms with van der Waals surface area (Å²) < 4.78 is 5.24. The van der Waals surface area contributed by atoms with Gasteiger partial charge in [-0.15, -0.1) is 0 Å². The fraction of sp³-hybridized carbons (Fsp3) is 0.316. The molecule has 3 rings (SSSR count). The van der Waals surface area contributed by atoms with Crippen LogP contribution in [0, 0.1) is 0 Å². The number of carbonyl (C=O) groups is 1. The zero-order valence-electron chi connectivity index (χ0n) is 12.3. The van der Waals surface area contributed by atoms with Gasteiger partial charge in [-0.3, -0.25) is 4.79 Å². The maximum atomic E-state index is 12.9. The van der Waals surface area contributed by atoms with Gasteiger partial charge in [-0.25, -0.2) is 0 Å². The first kappa shape index (κ1) is 13.9. The molecular formula is C19H20O2. The first-order chi connectivity index (χ1) is 10.2. The van der Waals surface area contributed by atoms with Gasteiger partial charge < -0.3 is 4.74 Å². The van der Waals surface area contributed by atoms with E-state index in [1.54, 1.807) is 7.11 Å². The molecule has 0 saturated heterocycles. The Hall–Kier alpha value is -2.09. The molecule has 2 heteroatoms. The summed E-state index contributed by atoms with van der Waals surface area (Å²) in [5.41, 5.74) is 1.94. The van der Waals surface area contributed by atoms with Gasteiger partial charge in [-0.05, 0) is 36.1 Å². The molecule has 0 amide bonds. The Balaban J connectivity index is 1.83. The molecule has 0 N–H and O–H groups in total. The van der Waals surface area contributed by atoms with Gasteiger partial charge in [0.2, 0.25) is 0 Å². The fourth-order valence-corrected chi connectivity index (χ4v) is 3.15. The molecule has 108 valence electrons. The topological polar surface area (TPSA) is 26.3 Å². The van der Waals surface area contributed by atoms with Crippen molar-refractivity contribution in [2.75, 3.05) is 7.11 Å². The fourth-order valence-electron chi connectivity index (χ4n) is 3.15. The summed E-state index contributed by atoms with van der Waals surface area (Å²) in [6.07, 6.45) is 3.56. The molecular weight excluding hydrogens is 260 g/mol. The van der Waals surface area contributed by atoms with Crippen molar-refractivity contribution in [2.24, 2.45) is 0 Å². The van der Waals surface area contributed by atoms with E-state index < -0.39 is 0 Å². The van der Waals surface area contributed by atoms with Crippen LogP contribution in [0.5, 0.6) is 5.75 Å². The smallest absolute Gasteiger partial charge is 0.147 e. The highest BCUT2D eigenvalue weighted by molar-refractivity contribution is 5.92. The number of methoxy groups -OCH3 is 1. The summed E-state index contributed by atoms with van der Waals surface area (Å²) in [6, 6.07) is 18.0. The van der Waals surface area contributed by atoms with Crippen LogP contribution in [-0.2, 0) is 16.6 Å². The van der Waals surface area contributed by atoms with E-state index in [1.165, 1.54) is 5.56 Å². The second kappa shape index (κ2) is 5.72. The van der Waals surface area contributed by atoms with Gasteiger partial charge >= 0.3 is 0 Å². The lowest BCUT2D eigenvalue weighted by atomic mass is 9.61. The van der Waals surface area contributed by atoms with Crippen LogP contribution in [-0.4, -0.2) is 12.9 Å². The highest BCUT2D eigenvalue weighted by atomic mass is 16.5. The molecule has 0 unspecified atom stereocenters. The molecule has 0 bridgehead atoms. The maximum absolute atomic E-state index is 12.9. The van der Waals surface area contributed by atoms with Gasteiger partial charge in [0.05, 0.1) is 12.5 Å². The van der Waals surface area contributed by atoms with Crippen molar-refractivity contribution < 1.29 is 9.53 Å². The Kier molecular flexibility index (Phi) is 3.78. The molecule has 0 radical (unpaired) electrons. The summed E-state index contributed by atoms with van der Waals surface area (Å²) in [5, 5.41) is 0. The van der Waals surface area contributed by atoms with Crippen LogP contribution in [0.25, 0.3) is 0 Å². The molecule has 1 fully saturated rings. The Labute approximate surface area is 125 Å². The number of hydrogen-bond donors (Lipinski definition) is 0. The summed E-state index contributed by atoms with van der Waals surface area (Å²) in [7, 11) is 1.65. The van der Waals surface area contributed by atoms with E-state index in [0.717, 1.165) is 30.6 Å². The highest BCUT2D eigenvalue weighted by Gasteiger charge is 2.44. The molecule has 0 heterocycles. The Morgan fingerprint density at radius 2 is 1.86 bits per heavy atom. The standard InChI is InChI=1S/C19H20O2/c1-21-17-10-5-7-15(13-17)14-18(20)19(11-6-12-19)16-8-3-2-4-9-16/h2-5,7-10,13H,6,11-12,14H2,1H3. The van der Waals surface area contributed by atoms with E-state index in [0.29, 0.717) is 12.2 Å². The Morgan fingerprint density at radius 1 is 1.10 bits per heavy atom. The third kappa shape index (κ3) is 2.58.